The number of nitro benzene ring substituents is 1. The van der Waals surface area contributed by atoms with E-state index in [2.05, 4.69) is 10.2 Å². The summed E-state index contributed by atoms with van der Waals surface area (Å²) in [5.74, 6) is -0.470. The van der Waals surface area contributed by atoms with Crippen LogP contribution in [0.5, 0.6) is 0 Å². The molecule has 0 amide bonds. The van der Waals surface area contributed by atoms with Gasteiger partial charge in [0.2, 0.25) is 15.9 Å². The van der Waals surface area contributed by atoms with E-state index >= 15 is 0 Å². The first-order valence-electron chi connectivity index (χ1n) is 7.56. The second-order valence-electron chi connectivity index (χ2n) is 5.74. The van der Waals surface area contributed by atoms with Crippen molar-refractivity contribution in [2.45, 2.75) is 6.92 Å². The van der Waals surface area contributed by atoms with Gasteiger partial charge in [0.1, 0.15) is 5.70 Å². The quantitative estimate of drug-likeness (QED) is 0.353. The Hall–Kier alpha value is -3.21. The van der Waals surface area contributed by atoms with Crippen molar-refractivity contribution in [1.29, 1.82) is 0 Å². The number of nitrogens with zero attached hydrogens (tertiary/aromatic N) is 3. The SMILES string of the molecule is Cc1ccc(N=NC2=C3C=CC(=S(=O)(O)O)C=C3C=CC2=O)c([N+](=O)[O-])c1. The maximum atomic E-state index is 12.2. The number of carbonyl (C=O) groups is 1. The molecule has 1 aromatic rings. The van der Waals surface area contributed by atoms with Gasteiger partial charge in [0.15, 0.2) is 5.69 Å². The third kappa shape index (κ3) is 3.82. The van der Waals surface area contributed by atoms with Crippen LogP contribution < -0.4 is 0 Å². The van der Waals surface area contributed by atoms with Gasteiger partial charge in [-0.3, -0.25) is 24.0 Å². The van der Waals surface area contributed by atoms with E-state index in [1.807, 2.05) is 0 Å². The number of nitro groups is 1. The van der Waals surface area contributed by atoms with E-state index in [9.17, 15) is 28.2 Å². The van der Waals surface area contributed by atoms with Gasteiger partial charge in [-0.2, -0.15) is 0 Å². The summed E-state index contributed by atoms with van der Waals surface area (Å²) in [6.45, 7) is 1.70. The van der Waals surface area contributed by atoms with Crippen LogP contribution in [0.3, 0.4) is 0 Å². The molecule has 138 valence electrons. The van der Waals surface area contributed by atoms with Gasteiger partial charge >= 0.3 is 0 Å². The molecule has 0 saturated carbocycles. The molecule has 0 heterocycles. The van der Waals surface area contributed by atoms with Gasteiger partial charge in [0.05, 0.1) is 9.79 Å². The third-order valence-electron chi connectivity index (χ3n) is 3.82. The molecule has 0 atom stereocenters. The number of benzene rings is 1. The lowest BCUT2D eigenvalue weighted by molar-refractivity contribution is -0.384. The van der Waals surface area contributed by atoms with E-state index in [0.29, 0.717) is 16.7 Å². The Morgan fingerprint density at radius 2 is 1.85 bits per heavy atom. The van der Waals surface area contributed by atoms with Crippen LogP contribution in [0.25, 0.3) is 0 Å². The first-order valence-corrected chi connectivity index (χ1v) is 9.03. The summed E-state index contributed by atoms with van der Waals surface area (Å²) in [4.78, 5) is 22.5. The molecule has 27 heavy (non-hydrogen) atoms. The fourth-order valence-electron chi connectivity index (χ4n) is 2.51. The molecule has 0 aliphatic heterocycles. The number of carbonyl (C=O) groups excluding carboxylic acids is 1. The number of rotatable bonds is 3. The minimum absolute atomic E-state index is 0.00707. The highest BCUT2D eigenvalue weighted by atomic mass is 32.2. The zero-order valence-electron chi connectivity index (χ0n) is 13.9. The molecule has 0 spiro atoms. The predicted molar refractivity (Wildman–Crippen MR) is 99.2 cm³/mol. The van der Waals surface area contributed by atoms with Crippen molar-refractivity contribution >= 4 is 32.1 Å². The minimum Gasteiger partial charge on any atom is -0.293 e. The lowest BCUT2D eigenvalue weighted by Crippen LogP contribution is -2.14. The third-order valence-corrected chi connectivity index (χ3v) is 4.69. The molecule has 0 fully saturated rings. The molecule has 3 rings (SSSR count). The Kier molecular flexibility index (Phi) is 4.70. The summed E-state index contributed by atoms with van der Waals surface area (Å²) >= 11 is 0. The normalized spacial score (nSPS) is 16.8. The van der Waals surface area contributed by atoms with Crippen molar-refractivity contribution < 1.29 is 23.0 Å². The van der Waals surface area contributed by atoms with Crippen molar-refractivity contribution in [3.05, 3.63) is 81.1 Å². The molecule has 10 heteroatoms. The largest absolute Gasteiger partial charge is 0.296 e. The van der Waals surface area contributed by atoms with Gasteiger partial charge in [-0.25, -0.2) is 4.21 Å². The fraction of sp³-hybridized carbons (Fsp3) is 0.0588. The topological polar surface area (TPSA) is 142 Å². The number of allylic oxidation sites excluding steroid dienone is 7. The zero-order valence-corrected chi connectivity index (χ0v) is 14.7. The van der Waals surface area contributed by atoms with E-state index in [4.69, 9.17) is 0 Å². The van der Waals surface area contributed by atoms with Crippen LogP contribution in [0.1, 0.15) is 5.56 Å². The van der Waals surface area contributed by atoms with Crippen LogP contribution >= 0.6 is 0 Å². The molecule has 0 aromatic heterocycles. The zero-order chi connectivity index (χ0) is 19.8. The van der Waals surface area contributed by atoms with E-state index < -0.39 is 20.8 Å². The summed E-state index contributed by atoms with van der Waals surface area (Å²) in [6.07, 6.45) is 6.41. The van der Waals surface area contributed by atoms with Gasteiger partial charge in [-0.15, -0.1) is 10.2 Å². The van der Waals surface area contributed by atoms with E-state index in [1.165, 1.54) is 42.5 Å². The number of fused-ring (bicyclic) bond motifs is 1. The van der Waals surface area contributed by atoms with Crippen LogP contribution in [-0.2, 0) is 14.9 Å². The van der Waals surface area contributed by atoms with Gasteiger partial charge in [0.25, 0.3) is 5.69 Å². The van der Waals surface area contributed by atoms with Crippen LogP contribution in [-0.4, -0.2) is 28.9 Å². The van der Waals surface area contributed by atoms with Gasteiger partial charge in [-0.1, -0.05) is 18.2 Å². The molecular formula is C17H13N3O6S. The lowest BCUT2D eigenvalue weighted by Gasteiger charge is -2.16. The highest BCUT2D eigenvalue weighted by Crippen LogP contribution is 2.32. The summed E-state index contributed by atoms with van der Waals surface area (Å²) in [5.41, 5.74) is 1.07. The van der Waals surface area contributed by atoms with Crippen LogP contribution in [0.2, 0.25) is 0 Å². The summed E-state index contributed by atoms with van der Waals surface area (Å²) < 4.78 is 29.9. The molecule has 2 aliphatic rings. The van der Waals surface area contributed by atoms with Gasteiger partial charge < -0.3 is 0 Å². The molecule has 0 saturated heterocycles. The number of ketones is 1. The van der Waals surface area contributed by atoms with Gasteiger partial charge in [0, 0.05) is 11.6 Å². The second kappa shape index (κ2) is 6.83. The molecule has 0 radical (unpaired) electrons. The predicted octanol–water partition coefficient (Wildman–Crippen LogP) is 3.28. The standard InChI is InChI=1S/C17H13N3O6S/c1-10-2-6-14(15(8-10)20(22)23)18-19-17-13-5-4-12(27(24,25)26)9-11(13)3-7-16(17)21/h2-9H,1H3,(H2,24,25,26). The van der Waals surface area contributed by atoms with Crippen molar-refractivity contribution in [1.82, 2.24) is 0 Å². The van der Waals surface area contributed by atoms with Crippen LogP contribution in [0.15, 0.2) is 75.7 Å². The molecule has 0 unspecified atom stereocenters. The monoisotopic (exact) mass is 387 g/mol. The first kappa shape index (κ1) is 18.6. The van der Waals surface area contributed by atoms with Gasteiger partial charge in [-0.05, 0) is 42.4 Å². The Morgan fingerprint density at radius 3 is 2.52 bits per heavy atom. The van der Waals surface area contributed by atoms with Crippen molar-refractivity contribution in [2.75, 3.05) is 0 Å². The average molecular weight is 387 g/mol. The smallest absolute Gasteiger partial charge is 0.293 e. The fourth-order valence-corrected chi connectivity index (χ4v) is 3.03. The number of aryl methyl sites for hydroxylation is 1. The molecule has 2 N–H and O–H groups in total. The number of azo groups is 1. The van der Waals surface area contributed by atoms with Crippen molar-refractivity contribution in [3.63, 3.8) is 0 Å². The van der Waals surface area contributed by atoms with Crippen LogP contribution in [0, 0.1) is 17.0 Å². The number of hydrogen-bond acceptors (Lipinski definition) is 6. The van der Waals surface area contributed by atoms with E-state index in [-0.39, 0.29) is 21.9 Å². The molecule has 0 bridgehead atoms. The van der Waals surface area contributed by atoms with Crippen molar-refractivity contribution in [3.8, 4) is 0 Å². The maximum absolute atomic E-state index is 12.2. The van der Waals surface area contributed by atoms with Crippen LogP contribution in [0.4, 0.5) is 11.4 Å². The first-order chi connectivity index (χ1) is 12.7. The Bertz CT molecular complexity index is 1140. The summed E-state index contributed by atoms with van der Waals surface area (Å²) in [5, 5.41) is 18.9. The Morgan fingerprint density at radius 1 is 1.11 bits per heavy atom. The maximum Gasteiger partial charge on any atom is 0.296 e. The Balaban J connectivity index is 2.08. The lowest BCUT2D eigenvalue weighted by atomic mass is 9.92. The highest BCUT2D eigenvalue weighted by Gasteiger charge is 2.23. The molecule has 9 nitrogen and oxygen atoms in total. The number of hydrogen-bond donors (Lipinski definition) is 2. The second-order valence-corrected chi connectivity index (χ2v) is 7.21. The average Bonchev–Trinajstić information content (AvgIpc) is 2.60. The molecule has 1 aromatic carbocycles. The Labute approximate surface area is 153 Å². The minimum atomic E-state index is -4.15. The van der Waals surface area contributed by atoms with E-state index in [0.717, 1.165) is 0 Å². The van der Waals surface area contributed by atoms with Crippen molar-refractivity contribution in [2.24, 2.45) is 10.2 Å². The molecular weight excluding hydrogens is 374 g/mol. The molecule has 2 aliphatic carbocycles. The highest BCUT2D eigenvalue weighted by molar-refractivity contribution is 7.92. The summed E-state index contributed by atoms with van der Waals surface area (Å²) in [6, 6.07) is 4.41. The van der Waals surface area contributed by atoms with E-state index in [1.54, 1.807) is 13.0 Å². The summed E-state index contributed by atoms with van der Waals surface area (Å²) in [7, 11) is -4.15.